The molecule has 0 spiro atoms. The first kappa shape index (κ1) is 13.6. The number of hydrogen-bond donors (Lipinski definition) is 1. The molecule has 0 radical (unpaired) electrons. The van der Waals surface area contributed by atoms with Crippen molar-refractivity contribution >= 4 is 0 Å². The second kappa shape index (κ2) is 5.43. The fourth-order valence-electron chi connectivity index (χ4n) is 2.73. The number of hydrogen-bond acceptors (Lipinski definition) is 4. The van der Waals surface area contributed by atoms with Gasteiger partial charge in [0.25, 0.3) is 0 Å². The monoisotopic (exact) mass is 251 g/mol. The Hall–Kier alpha value is -0.840. The summed E-state index contributed by atoms with van der Waals surface area (Å²) in [6, 6.07) is 3.31. The van der Waals surface area contributed by atoms with Gasteiger partial charge in [-0.3, -0.25) is 9.80 Å². The second-order valence-electron chi connectivity index (χ2n) is 5.56. The molecule has 4 nitrogen and oxygen atoms in total. The van der Waals surface area contributed by atoms with E-state index >= 15 is 0 Å². The summed E-state index contributed by atoms with van der Waals surface area (Å²) in [5.74, 6) is 1.90. The van der Waals surface area contributed by atoms with E-state index in [2.05, 4.69) is 36.8 Å². The summed E-state index contributed by atoms with van der Waals surface area (Å²) in [6.07, 6.45) is 0. The molecule has 2 heterocycles. The van der Waals surface area contributed by atoms with Gasteiger partial charge >= 0.3 is 0 Å². The third-order valence-electron chi connectivity index (χ3n) is 4.10. The van der Waals surface area contributed by atoms with Crippen molar-refractivity contribution in [1.82, 2.24) is 9.80 Å². The van der Waals surface area contributed by atoms with Crippen molar-refractivity contribution in [1.29, 1.82) is 0 Å². The summed E-state index contributed by atoms with van der Waals surface area (Å²) in [5, 5.41) is 0. The molecule has 0 amide bonds. The van der Waals surface area contributed by atoms with Gasteiger partial charge in [0.15, 0.2) is 0 Å². The van der Waals surface area contributed by atoms with Gasteiger partial charge in [0.1, 0.15) is 11.5 Å². The molecule has 0 saturated carbocycles. The Morgan fingerprint density at radius 3 is 2.44 bits per heavy atom. The fourth-order valence-corrected chi connectivity index (χ4v) is 2.73. The molecular weight excluding hydrogens is 226 g/mol. The highest BCUT2D eigenvalue weighted by atomic mass is 16.3. The van der Waals surface area contributed by atoms with Crippen molar-refractivity contribution in [2.45, 2.75) is 45.9 Å². The first-order valence-corrected chi connectivity index (χ1v) is 6.73. The van der Waals surface area contributed by atoms with E-state index in [4.69, 9.17) is 10.2 Å². The third-order valence-corrected chi connectivity index (χ3v) is 4.10. The molecule has 4 heteroatoms. The zero-order valence-electron chi connectivity index (χ0n) is 11.9. The van der Waals surface area contributed by atoms with Gasteiger partial charge in [-0.05, 0) is 33.9 Å². The number of aryl methyl sites for hydroxylation is 1. The number of nitrogens with two attached hydrogens (primary N) is 1. The number of rotatable bonds is 3. The van der Waals surface area contributed by atoms with Crippen LogP contribution in [0.3, 0.4) is 0 Å². The van der Waals surface area contributed by atoms with E-state index in [-0.39, 0.29) is 0 Å². The van der Waals surface area contributed by atoms with Crippen LogP contribution >= 0.6 is 0 Å². The first-order valence-electron chi connectivity index (χ1n) is 6.73. The van der Waals surface area contributed by atoms with Crippen LogP contribution in [0.2, 0.25) is 0 Å². The Bertz CT molecular complexity index is 390. The smallest absolute Gasteiger partial charge is 0.118 e. The second-order valence-corrected chi connectivity index (χ2v) is 5.56. The molecule has 2 N–H and O–H groups in total. The summed E-state index contributed by atoms with van der Waals surface area (Å²) in [6.45, 7) is 10.3. The zero-order valence-corrected chi connectivity index (χ0v) is 11.9. The molecule has 18 heavy (non-hydrogen) atoms. The van der Waals surface area contributed by atoms with Gasteiger partial charge in [0, 0.05) is 37.3 Å². The predicted octanol–water partition coefficient (Wildman–Crippen LogP) is 1.57. The quantitative estimate of drug-likeness (QED) is 0.886. The van der Waals surface area contributed by atoms with E-state index in [1.807, 2.05) is 6.92 Å². The van der Waals surface area contributed by atoms with E-state index in [9.17, 15) is 0 Å². The SMILES string of the molecule is Cc1oc(CN)cc1CN1CC(C)N(C)C(C)C1. The van der Waals surface area contributed by atoms with Crippen molar-refractivity contribution in [3.05, 3.63) is 23.2 Å². The standard InChI is InChI=1S/C14H25N3O/c1-10-7-17(8-11(2)16(10)4)9-13-5-14(6-15)18-12(13)3/h5,10-11H,6-9,15H2,1-4H3. The van der Waals surface area contributed by atoms with Crippen LogP contribution in [0.25, 0.3) is 0 Å². The van der Waals surface area contributed by atoms with Crippen LogP contribution in [0.5, 0.6) is 0 Å². The van der Waals surface area contributed by atoms with Crippen molar-refractivity contribution in [2.24, 2.45) is 5.73 Å². The Morgan fingerprint density at radius 1 is 1.33 bits per heavy atom. The van der Waals surface area contributed by atoms with Crippen LogP contribution in [0, 0.1) is 6.92 Å². The summed E-state index contributed by atoms with van der Waals surface area (Å²) in [4.78, 5) is 4.96. The van der Waals surface area contributed by atoms with Gasteiger partial charge in [0.2, 0.25) is 0 Å². The molecule has 2 rings (SSSR count). The average Bonchev–Trinajstić information content (AvgIpc) is 2.67. The van der Waals surface area contributed by atoms with E-state index < -0.39 is 0 Å². The average molecular weight is 251 g/mol. The normalized spacial score (nSPS) is 26.7. The van der Waals surface area contributed by atoms with Crippen LogP contribution in [-0.4, -0.2) is 42.0 Å². The number of piperazine rings is 1. The highest BCUT2D eigenvalue weighted by Crippen LogP contribution is 2.20. The van der Waals surface area contributed by atoms with Crippen LogP contribution < -0.4 is 5.73 Å². The lowest BCUT2D eigenvalue weighted by Gasteiger charge is -2.42. The maximum absolute atomic E-state index is 5.62. The van der Waals surface area contributed by atoms with Crippen molar-refractivity contribution in [3.63, 3.8) is 0 Å². The molecule has 1 aliphatic rings. The number of nitrogens with zero attached hydrogens (tertiary/aromatic N) is 2. The van der Waals surface area contributed by atoms with Crippen LogP contribution in [0.1, 0.15) is 30.9 Å². The molecule has 2 atom stereocenters. The maximum Gasteiger partial charge on any atom is 0.118 e. The van der Waals surface area contributed by atoms with E-state index in [0.717, 1.165) is 31.2 Å². The van der Waals surface area contributed by atoms with Gasteiger partial charge in [-0.1, -0.05) is 0 Å². The number of furan rings is 1. The summed E-state index contributed by atoms with van der Waals surface area (Å²) in [5.41, 5.74) is 6.89. The summed E-state index contributed by atoms with van der Waals surface area (Å²) >= 11 is 0. The molecule has 1 aliphatic heterocycles. The molecule has 0 aromatic carbocycles. The van der Waals surface area contributed by atoms with Crippen LogP contribution in [-0.2, 0) is 13.1 Å². The highest BCUT2D eigenvalue weighted by molar-refractivity contribution is 5.20. The lowest BCUT2D eigenvalue weighted by molar-refractivity contribution is 0.0554. The molecule has 2 unspecified atom stereocenters. The lowest BCUT2D eigenvalue weighted by Crippen LogP contribution is -2.54. The van der Waals surface area contributed by atoms with Gasteiger partial charge in [-0.25, -0.2) is 0 Å². The van der Waals surface area contributed by atoms with Gasteiger partial charge in [0.05, 0.1) is 6.54 Å². The Labute approximate surface area is 110 Å². The van der Waals surface area contributed by atoms with E-state index in [0.29, 0.717) is 18.6 Å². The molecule has 0 bridgehead atoms. The molecule has 1 aromatic rings. The molecule has 102 valence electrons. The summed E-state index contributed by atoms with van der Waals surface area (Å²) < 4.78 is 5.62. The third kappa shape index (κ3) is 2.76. The van der Waals surface area contributed by atoms with E-state index in [1.54, 1.807) is 0 Å². The maximum atomic E-state index is 5.62. The van der Waals surface area contributed by atoms with Gasteiger partial charge < -0.3 is 10.2 Å². The molecule has 1 fully saturated rings. The van der Waals surface area contributed by atoms with Crippen molar-refractivity contribution in [3.8, 4) is 0 Å². The molecule has 0 aliphatic carbocycles. The minimum atomic E-state index is 0.483. The molecule has 1 aromatic heterocycles. The van der Waals surface area contributed by atoms with E-state index in [1.165, 1.54) is 5.56 Å². The minimum Gasteiger partial charge on any atom is -0.465 e. The van der Waals surface area contributed by atoms with Gasteiger partial charge in [-0.15, -0.1) is 0 Å². The zero-order chi connectivity index (χ0) is 13.3. The Morgan fingerprint density at radius 2 is 1.94 bits per heavy atom. The minimum absolute atomic E-state index is 0.483. The van der Waals surface area contributed by atoms with Crippen LogP contribution in [0.4, 0.5) is 0 Å². The van der Waals surface area contributed by atoms with Gasteiger partial charge in [-0.2, -0.15) is 0 Å². The first-order chi connectivity index (χ1) is 8.51. The Balaban J connectivity index is 2.03. The summed E-state index contributed by atoms with van der Waals surface area (Å²) in [7, 11) is 2.21. The lowest BCUT2D eigenvalue weighted by atomic mass is 10.1. The Kier molecular flexibility index (Phi) is 4.10. The molecule has 1 saturated heterocycles. The largest absolute Gasteiger partial charge is 0.465 e. The fraction of sp³-hybridized carbons (Fsp3) is 0.714. The van der Waals surface area contributed by atoms with Crippen LogP contribution in [0.15, 0.2) is 10.5 Å². The highest BCUT2D eigenvalue weighted by Gasteiger charge is 2.26. The topological polar surface area (TPSA) is 45.6 Å². The van der Waals surface area contributed by atoms with Crippen molar-refractivity contribution in [2.75, 3.05) is 20.1 Å². The predicted molar refractivity (Wildman–Crippen MR) is 73.3 cm³/mol. The molecular formula is C14H25N3O. The number of likely N-dealkylation sites (N-methyl/N-ethyl adjacent to an activating group) is 1. The van der Waals surface area contributed by atoms with Crippen molar-refractivity contribution < 1.29 is 4.42 Å².